The third-order valence-electron chi connectivity index (χ3n) is 4.45. The molecule has 0 bridgehead atoms. The Hall–Kier alpha value is -2.15. The molecule has 1 aromatic rings. The second-order valence-corrected chi connectivity index (χ2v) is 6.84. The molecule has 0 saturated carbocycles. The van der Waals surface area contributed by atoms with Gasteiger partial charge in [-0.2, -0.15) is 0 Å². The molecule has 26 heavy (non-hydrogen) atoms. The summed E-state index contributed by atoms with van der Waals surface area (Å²) in [5.74, 6) is -0.294. The predicted molar refractivity (Wildman–Crippen MR) is 101 cm³/mol. The Kier molecular flexibility index (Phi) is 7.38. The normalized spacial score (nSPS) is 14.8. The van der Waals surface area contributed by atoms with E-state index in [0.29, 0.717) is 38.4 Å². The van der Waals surface area contributed by atoms with Crippen molar-refractivity contribution < 1.29 is 14.0 Å². The van der Waals surface area contributed by atoms with E-state index in [9.17, 15) is 14.0 Å². The van der Waals surface area contributed by atoms with Gasteiger partial charge >= 0.3 is 0 Å². The SMILES string of the molecule is CCN(CC(=O)NC(C)C)CC(=O)N1CCN(c2ccccc2F)CC1. The summed E-state index contributed by atoms with van der Waals surface area (Å²) in [6.07, 6.45) is 0. The summed E-state index contributed by atoms with van der Waals surface area (Å²) >= 11 is 0. The number of anilines is 1. The van der Waals surface area contributed by atoms with Crippen molar-refractivity contribution in [2.24, 2.45) is 0 Å². The molecule has 144 valence electrons. The van der Waals surface area contributed by atoms with Gasteiger partial charge in [0.2, 0.25) is 11.8 Å². The number of carbonyl (C=O) groups excluding carboxylic acids is 2. The van der Waals surface area contributed by atoms with Gasteiger partial charge in [0.1, 0.15) is 5.82 Å². The van der Waals surface area contributed by atoms with Gasteiger partial charge in [-0.1, -0.05) is 19.1 Å². The highest BCUT2D eigenvalue weighted by molar-refractivity contribution is 5.81. The van der Waals surface area contributed by atoms with Crippen LogP contribution >= 0.6 is 0 Å². The highest BCUT2D eigenvalue weighted by Crippen LogP contribution is 2.20. The quantitative estimate of drug-likeness (QED) is 0.793. The first kappa shape index (κ1) is 20.2. The van der Waals surface area contributed by atoms with E-state index in [-0.39, 0.29) is 36.8 Å². The first-order valence-corrected chi connectivity index (χ1v) is 9.19. The molecule has 7 heteroatoms. The van der Waals surface area contributed by atoms with Crippen molar-refractivity contribution in [2.45, 2.75) is 26.8 Å². The maximum Gasteiger partial charge on any atom is 0.236 e. The van der Waals surface area contributed by atoms with Crippen LogP contribution in [0.5, 0.6) is 0 Å². The molecule has 1 aliphatic rings. The van der Waals surface area contributed by atoms with Gasteiger partial charge in [-0.3, -0.25) is 14.5 Å². The molecule has 1 saturated heterocycles. The van der Waals surface area contributed by atoms with E-state index in [4.69, 9.17) is 0 Å². The molecule has 0 aromatic heterocycles. The number of amides is 2. The number of likely N-dealkylation sites (N-methyl/N-ethyl adjacent to an activating group) is 1. The molecule has 1 N–H and O–H groups in total. The number of hydrogen-bond acceptors (Lipinski definition) is 4. The van der Waals surface area contributed by atoms with Crippen LogP contribution in [-0.2, 0) is 9.59 Å². The fourth-order valence-corrected chi connectivity index (χ4v) is 3.05. The molecule has 2 rings (SSSR count). The minimum atomic E-state index is -0.236. The summed E-state index contributed by atoms with van der Waals surface area (Å²) in [6.45, 7) is 9.16. The van der Waals surface area contributed by atoms with Gasteiger partial charge in [0.25, 0.3) is 0 Å². The van der Waals surface area contributed by atoms with Crippen LogP contribution in [0.1, 0.15) is 20.8 Å². The lowest BCUT2D eigenvalue weighted by Crippen LogP contribution is -2.52. The van der Waals surface area contributed by atoms with Crippen molar-refractivity contribution >= 4 is 17.5 Å². The van der Waals surface area contributed by atoms with E-state index in [1.165, 1.54) is 6.07 Å². The van der Waals surface area contributed by atoms with Crippen LogP contribution in [0.25, 0.3) is 0 Å². The van der Waals surface area contributed by atoms with Gasteiger partial charge in [0.15, 0.2) is 0 Å². The van der Waals surface area contributed by atoms with Crippen LogP contribution in [0.3, 0.4) is 0 Å². The summed E-state index contributed by atoms with van der Waals surface area (Å²) in [5, 5.41) is 2.84. The molecule has 0 atom stereocenters. The Morgan fingerprint density at radius 1 is 1.15 bits per heavy atom. The number of nitrogens with zero attached hydrogens (tertiary/aromatic N) is 3. The molecular formula is C19H29FN4O2. The molecule has 0 aliphatic carbocycles. The molecular weight excluding hydrogens is 335 g/mol. The molecule has 6 nitrogen and oxygen atoms in total. The molecule has 0 unspecified atom stereocenters. The fraction of sp³-hybridized carbons (Fsp3) is 0.579. The standard InChI is InChI=1S/C19H29FN4O2/c1-4-22(13-18(25)21-15(2)3)14-19(26)24-11-9-23(10-12-24)17-8-6-5-7-16(17)20/h5-8,15H,4,9-14H2,1-3H3,(H,21,25). The maximum absolute atomic E-state index is 13.9. The number of para-hydroxylation sites is 1. The lowest BCUT2D eigenvalue weighted by atomic mass is 10.2. The third kappa shape index (κ3) is 5.69. The molecule has 1 fully saturated rings. The number of nitrogens with one attached hydrogen (secondary N) is 1. The zero-order chi connectivity index (χ0) is 19.1. The lowest BCUT2D eigenvalue weighted by molar-refractivity contribution is -0.133. The van der Waals surface area contributed by atoms with Gasteiger partial charge in [0.05, 0.1) is 18.8 Å². The minimum Gasteiger partial charge on any atom is -0.366 e. The van der Waals surface area contributed by atoms with E-state index in [2.05, 4.69) is 5.32 Å². The summed E-state index contributed by atoms with van der Waals surface area (Å²) in [5.41, 5.74) is 0.583. The first-order chi connectivity index (χ1) is 12.4. The van der Waals surface area contributed by atoms with Crippen LogP contribution in [0.2, 0.25) is 0 Å². The van der Waals surface area contributed by atoms with Crippen molar-refractivity contribution in [3.05, 3.63) is 30.1 Å². The second kappa shape index (κ2) is 9.52. The zero-order valence-corrected chi connectivity index (χ0v) is 15.9. The lowest BCUT2D eigenvalue weighted by Gasteiger charge is -2.37. The van der Waals surface area contributed by atoms with E-state index >= 15 is 0 Å². The molecule has 1 aliphatic heterocycles. The third-order valence-corrected chi connectivity index (χ3v) is 4.45. The monoisotopic (exact) mass is 364 g/mol. The zero-order valence-electron chi connectivity index (χ0n) is 15.9. The van der Waals surface area contributed by atoms with Crippen molar-refractivity contribution in [3.8, 4) is 0 Å². The number of carbonyl (C=O) groups is 2. The highest BCUT2D eigenvalue weighted by Gasteiger charge is 2.24. The summed E-state index contributed by atoms with van der Waals surface area (Å²) in [4.78, 5) is 30.0. The van der Waals surface area contributed by atoms with Crippen molar-refractivity contribution in [2.75, 3.05) is 50.7 Å². The Morgan fingerprint density at radius 3 is 2.38 bits per heavy atom. The summed E-state index contributed by atoms with van der Waals surface area (Å²) in [6, 6.07) is 6.79. The van der Waals surface area contributed by atoms with Crippen LogP contribution in [0, 0.1) is 5.82 Å². The van der Waals surface area contributed by atoms with Crippen molar-refractivity contribution in [1.82, 2.24) is 15.1 Å². The van der Waals surface area contributed by atoms with Crippen LogP contribution < -0.4 is 10.2 Å². The van der Waals surface area contributed by atoms with E-state index in [1.54, 1.807) is 17.0 Å². The Labute approximate surface area is 154 Å². The molecule has 1 aromatic carbocycles. The average Bonchev–Trinajstić information content (AvgIpc) is 2.61. The van der Waals surface area contributed by atoms with Crippen LogP contribution in [-0.4, -0.2) is 73.5 Å². The average molecular weight is 364 g/mol. The van der Waals surface area contributed by atoms with Crippen molar-refractivity contribution in [3.63, 3.8) is 0 Å². The minimum absolute atomic E-state index is 0.0115. The van der Waals surface area contributed by atoms with Gasteiger partial charge < -0.3 is 15.1 Å². The molecule has 0 spiro atoms. The summed E-state index contributed by atoms with van der Waals surface area (Å²) in [7, 11) is 0. The van der Waals surface area contributed by atoms with Gasteiger partial charge in [-0.05, 0) is 32.5 Å². The van der Waals surface area contributed by atoms with E-state index < -0.39 is 0 Å². The Balaban J connectivity index is 1.83. The highest BCUT2D eigenvalue weighted by atomic mass is 19.1. The first-order valence-electron chi connectivity index (χ1n) is 9.19. The van der Waals surface area contributed by atoms with Crippen LogP contribution in [0.4, 0.5) is 10.1 Å². The van der Waals surface area contributed by atoms with Gasteiger partial charge in [0, 0.05) is 32.2 Å². The number of halogens is 1. The number of rotatable bonds is 7. The van der Waals surface area contributed by atoms with Crippen molar-refractivity contribution in [1.29, 1.82) is 0 Å². The van der Waals surface area contributed by atoms with E-state index in [1.807, 2.05) is 36.6 Å². The largest absolute Gasteiger partial charge is 0.366 e. The maximum atomic E-state index is 13.9. The topological polar surface area (TPSA) is 55.9 Å². The summed E-state index contributed by atoms with van der Waals surface area (Å²) < 4.78 is 13.9. The Morgan fingerprint density at radius 2 is 1.81 bits per heavy atom. The van der Waals surface area contributed by atoms with Crippen LogP contribution in [0.15, 0.2) is 24.3 Å². The molecule has 1 heterocycles. The number of benzene rings is 1. The number of hydrogen-bond donors (Lipinski definition) is 1. The number of piperazine rings is 1. The van der Waals surface area contributed by atoms with Gasteiger partial charge in [-0.25, -0.2) is 4.39 Å². The molecule has 0 radical (unpaired) electrons. The fourth-order valence-electron chi connectivity index (χ4n) is 3.05. The smallest absolute Gasteiger partial charge is 0.236 e. The molecule has 2 amide bonds. The van der Waals surface area contributed by atoms with Gasteiger partial charge in [-0.15, -0.1) is 0 Å². The second-order valence-electron chi connectivity index (χ2n) is 6.84. The van der Waals surface area contributed by atoms with E-state index in [0.717, 1.165) is 0 Å². The predicted octanol–water partition coefficient (Wildman–Crippen LogP) is 1.32. The Bertz CT molecular complexity index is 615.